The lowest BCUT2D eigenvalue weighted by molar-refractivity contribution is 0.599. The summed E-state index contributed by atoms with van der Waals surface area (Å²) in [6.07, 6.45) is 2.69. The summed E-state index contributed by atoms with van der Waals surface area (Å²) < 4.78 is 24.1. The molecule has 16 heavy (non-hydrogen) atoms. The summed E-state index contributed by atoms with van der Waals surface area (Å²) in [5.41, 5.74) is 0.853. The highest BCUT2D eigenvalue weighted by Crippen LogP contribution is 2.10. The van der Waals surface area contributed by atoms with Crippen molar-refractivity contribution in [3.05, 3.63) is 42.5 Å². The first-order valence-electron chi connectivity index (χ1n) is 4.68. The van der Waals surface area contributed by atoms with Gasteiger partial charge in [0.05, 0.1) is 0 Å². The molecule has 1 heterocycles. The van der Waals surface area contributed by atoms with E-state index >= 15 is 0 Å². The van der Waals surface area contributed by atoms with Crippen molar-refractivity contribution in [3.63, 3.8) is 0 Å². The zero-order valence-corrected chi connectivity index (χ0v) is 9.55. The number of nitrogens with zero attached hydrogens (tertiary/aromatic N) is 3. The molecule has 0 amide bonds. The van der Waals surface area contributed by atoms with E-state index in [-0.39, 0.29) is 5.75 Å². The molecular weight excluding hydrogens is 226 g/mol. The molecule has 0 aliphatic heterocycles. The van der Waals surface area contributed by atoms with E-state index in [1.165, 1.54) is 12.6 Å². The van der Waals surface area contributed by atoms with Crippen LogP contribution in [0.3, 0.4) is 0 Å². The zero-order chi connectivity index (χ0) is 11.6. The number of aromatic nitrogens is 3. The van der Waals surface area contributed by atoms with Crippen LogP contribution in [0.15, 0.2) is 36.7 Å². The van der Waals surface area contributed by atoms with E-state index in [0.29, 0.717) is 5.82 Å². The van der Waals surface area contributed by atoms with Crippen molar-refractivity contribution in [1.82, 2.24) is 14.8 Å². The highest BCUT2D eigenvalue weighted by atomic mass is 32.2. The molecule has 6 heteroatoms. The van der Waals surface area contributed by atoms with E-state index < -0.39 is 9.84 Å². The van der Waals surface area contributed by atoms with Gasteiger partial charge in [0.1, 0.15) is 12.1 Å². The molecule has 0 N–H and O–H groups in total. The average Bonchev–Trinajstić information content (AvgIpc) is 2.64. The van der Waals surface area contributed by atoms with Crippen LogP contribution in [0.1, 0.15) is 5.82 Å². The Morgan fingerprint density at radius 2 is 1.94 bits per heavy atom. The van der Waals surface area contributed by atoms with Gasteiger partial charge in [-0.2, -0.15) is 0 Å². The Hall–Kier alpha value is -1.69. The van der Waals surface area contributed by atoms with Gasteiger partial charge in [-0.1, -0.05) is 18.2 Å². The van der Waals surface area contributed by atoms with Gasteiger partial charge in [0.25, 0.3) is 0 Å². The molecule has 0 aliphatic rings. The van der Waals surface area contributed by atoms with Crippen LogP contribution < -0.4 is 0 Å². The van der Waals surface area contributed by atoms with E-state index in [9.17, 15) is 8.42 Å². The van der Waals surface area contributed by atoms with Gasteiger partial charge in [0.2, 0.25) is 0 Å². The number of hydrogen-bond acceptors (Lipinski definition) is 4. The van der Waals surface area contributed by atoms with Crippen molar-refractivity contribution in [2.45, 2.75) is 5.75 Å². The molecule has 0 aliphatic carbocycles. The van der Waals surface area contributed by atoms with Gasteiger partial charge in [-0.25, -0.2) is 8.42 Å². The van der Waals surface area contributed by atoms with Crippen LogP contribution in [0.2, 0.25) is 0 Å². The van der Waals surface area contributed by atoms with Crippen molar-refractivity contribution in [2.24, 2.45) is 0 Å². The van der Waals surface area contributed by atoms with Crippen LogP contribution in [0.4, 0.5) is 0 Å². The number of benzene rings is 1. The molecule has 1 aromatic heterocycles. The molecule has 84 valence electrons. The van der Waals surface area contributed by atoms with E-state index in [2.05, 4.69) is 10.2 Å². The van der Waals surface area contributed by atoms with Crippen molar-refractivity contribution < 1.29 is 8.42 Å². The molecule has 0 bridgehead atoms. The molecule has 0 fully saturated rings. The standard InChI is InChI=1S/C10H11N3O2S/c1-16(14,15)7-10-12-11-8-13(10)9-5-3-2-4-6-9/h2-6,8H,7H2,1H3. The summed E-state index contributed by atoms with van der Waals surface area (Å²) in [5, 5.41) is 7.54. The van der Waals surface area contributed by atoms with Gasteiger partial charge < -0.3 is 0 Å². The van der Waals surface area contributed by atoms with Crippen molar-refractivity contribution in [2.75, 3.05) is 6.26 Å². The Balaban J connectivity index is 2.41. The third kappa shape index (κ3) is 2.46. The monoisotopic (exact) mass is 237 g/mol. The minimum Gasteiger partial charge on any atom is -0.285 e. The Labute approximate surface area is 93.7 Å². The second kappa shape index (κ2) is 4.05. The highest BCUT2D eigenvalue weighted by Gasteiger charge is 2.12. The molecule has 0 unspecified atom stereocenters. The number of sulfone groups is 1. The third-order valence-electron chi connectivity index (χ3n) is 2.04. The van der Waals surface area contributed by atoms with Crippen LogP contribution in [0.5, 0.6) is 0 Å². The predicted molar refractivity (Wildman–Crippen MR) is 59.9 cm³/mol. The van der Waals surface area contributed by atoms with Crippen LogP contribution in [-0.2, 0) is 15.6 Å². The van der Waals surface area contributed by atoms with Crippen LogP contribution in [-0.4, -0.2) is 29.4 Å². The van der Waals surface area contributed by atoms with Gasteiger partial charge in [0.15, 0.2) is 15.7 Å². The minimum absolute atomic E-state index is 0.109. The fraction of sp³-hybridized carbons (Fsp3) is 0.200. The second-order valence-electron chi connectivity index (χ2n) is 3.52. The lowest BCUT2D eigenvalue weighted by atomic mass is 10.3. The quantitative estimate of drug-likeness (QED) is 0.792. The van der Waals surface area contributed by atoms with E-state index in [0.717, 1.165) is 5.69 Å². The first-order chi connectivity index (χ1) is 7.56. The molecule has 2 aromatic rings. The summed E-state index contributed by atoms with van der Waals surface area (Å²) >= 11 is 0. The van der Waals surface area contributed by atoms with Crippen molar-refractivity contribution in [3.8, 4) is 5.69 Å². The predicted octanol–water partition coefficient (Wildman–Crippen LogP) is 0.812. The van der Waals surface area contributed by atoms with E-state index in [1.807, 2.05) is 30.3 Å². The number of hydrogen-bond donors (Lipinski definition) is 0. The van der Waals surface area contributed by atoms with Gasteiger partial charge in [-0.3, -0.25) is 4.57 Å². The summed E-state index contributed by atoms with van der Waals surface area (Å²) in [5.74, 6) is 0.315. The van der Waals surface area contributed by atoms with Gasteiger partial charge >= 0.3 is 0 Å². The maximum absolute atomic E-state index is 11.2. The molecule has 1 aromatic carbocycles. The molecule has 0 saturated carbocycles. The lowest BCUT2D eigenvalue weighted by Crippen LogP contribution is -2.07. The van der Waals surface area contributed by atoms with E-state index in [4.69, 9.17) is 0 Å². The molecule has 0 radical (unpaired) electrons. The van der Waals surface area contributed by atoms with Crippen molar-refractivity contribution >= 4 is 9.84 Å². The Kier molecular flexibility index (Phi) is 2.74. The fourth-order valence-electron chi connectivity index (χ4n) is 1.40. The van der Waals surface area contributed by atoms with Gasteiger partial charge in [0, 0.05) is 11.9 Å². The van der Waals surface area contributed by atoms with Crippen LogP contribution in [0, 0.1) is 0 Å². The topological polar surface area (TPSA) is 64.8 Å². The summed E-state index contributed by atoms with van der Waals surface area (Å²) in [7, 11) is -3.10. The zero-order valence-electron chi connectivity index (χ0n) is 8.74. The smallest absolute Gasteiger partial charge is 0.154 e. The van der Waals surface area contributed by atoms with Gasteiger partial charge in [-0.05, 0) is 12.1 Å². The molecule has 2 rings (SSSR count). The maximum Gasteiger partial charge on any atom is 0.154 e. The summed E-state index contributed by atoms with van der Waals surface area (Å²) in [6.45, 7) is 0. The Bertz CT molecular complexity index is 575. The van der Waals surface area contributed by atoms with E-state index in [1.54, 1.807) is 4.57 Å². The fourth-order valence-corrected chi connectivity index (χ4v) is 2.06. The average molecular weight is 237 g/mol. The lowest BCUT2D eigenvalue weighted by Gasteiger charge is -2.04. The molecule has 5 nitrogen and oxygen atoms in total. The molecular formula is C10H11N3O2S. The van der Waals surface area contributed by atoms with Gasteiger partial charge in [-0.15, -0.1) is 10.2 Å². The number of para-hydroxylation sites is 1. The first-order valence-corrected chi connectivity index (χ1v) is 6.74. The summed E-state index contributed by atoms with van der Waals surface area (Å²) in [6, 6.07) is 9.38. The Morgan fingerprint density at radius 1 is 1.25 bits per heavy atom. The number of rotatable bonds is 3. The summed E-state index contributed by atoms with van der Waals surface area (Å²) in [4.78, 5) is 0. The van der Waals surface area contributed by atoms with Crippen LogP contribution >= 0.6 is 0 Å². The molecule has 0 saturated heterocycles. The maximum atomic E-state index is 11.2. The molecule has 0 atom stereocenters. The molecule has 0 spiro atoms. The highest BCUT2D eigenvalue weighted by molar-refractivity contribution is 7.89. The normalized spacial score (nSPS) is 11.6. The van der Waals surface area contributed by atoms with Crippen molar-refractivity contribution in [1.29, 1.82) is 0 Å². The largest absolute Gasteiger partial charge is 0.285 e. The Morgan fingerprint density at radius 3 is 2.56 bits per heavy atom. The third-order valence-corrected chi connectivity index (χ3v) is 2.83. The van der Waals surface area contributed by atoms with Crippen LogP contribution in [0.25, 0.3) is 5.69 Å². The SMILES string of the molecule is CS(=O)(=O)Cc1nncn1-c1ccccc1. The first kappa shape index (κ1) is 10.8. The minimum atomic E-state index is -3.10. The second-order valence-corrected chi connectivity index (χ2v) is 5.66.